The number of fused-ring (bicyclic) bond motifs is 2. The fourth-order valence-electron chi connectivity index (χ4n) is 4.40. The van der Waals surface area contributed by atoms with Crippen molar-refractivity contribution in [2.45, 2.75) is 38.3 Å². The van der Waals surface area contributed by atoms with Crippen LogP contribution in [0.25, 0.3) is 11.9 Å². The summed E-state index contributed by atoms with van der Waals surface area (Å²) in [6.07, 6.45) is 4.06. The summed E-state index contributed by atoms with van der Waals surface area (Å²) in [4.78, 5) is 12.2. The lowest BCUT2D eigenvalue weighted by Crippen LogP contribution is -2.52. The van der Waals surface area contributed by atoms with Crippen LogP contribution in [0, 0.1) is 0 Å². The number of benzene rings is 1. The number of aromatic nitrogens is 2. The first-order valence-corrected chi connectivity index (χ1v) is 12.1. The number of piperazine rings is 1. The molecule has 1 unspecified atom stereocenters. The van der Waals surface area contributed by atoms with Gasteiger partial charge in [0.05, 0.1) is 22.2 Å². The van der Waals surface area contributed by atoms with E-state index in [1.807, 2.05) is 48.8 Å². The van der Waals surface area contributed by atoms with Gasteiger partial charge in [-0.1, -0.05) is 44.2 Å². The summed E-state index contributed by atoms with van der Waals surface area (Å²) in [7, 11) is 0. The zero-order valence-corrected chi connectivity index (χ0v) is 19.3. The van der Waals surface area contributed by atoms with E-state index in [9.17, 15) is 5.11 Å². The third-order valence-corrected chi connectivity index (χ3v) is 7.33. The summed E-state index contributed by atoms with van der Waals surface area (Å²) in [6, 6.07) is 14.1. The van der Waals surface area contributed by atoms with Gasteiger partial charge in [0.15, 0.2) is 0 Å². The minimum atomic E-state index is -0.490. The Hall–Kier alpha value is -2.74. The van der Waals surface area contributed by atoms with Crippen molar-refractivity contribution in [1.82, 2.24) is 20.2 Å². The van der Waals surface area contributed by atoms with Crippen LogP contribution < -0.4 is 21.2 Å². The van der Waals surface area contributed by atoms with Gasteiger partial charge in [-0.2, -0.15) is 0 Å². The average Bonchev–Trinajstić information content (AvgIpc) is 3.17. The first kappa shape index (κ1) is 21.1. The van der Waals surface area contributed by atoms with Gasteiger partial charge in [0.25, 0.3) is 0 Å². The smallest absolute Gasteiger partial charge is 0.124 e. The maximum atomic E-state index is 10.8. The van der Waals surface area contributed by atoms with Crippen molar-refractivity contribution < 1.29 is 5.11 Å². The Morgan fingerprint density at radius 2 is 2.03 bits per heavy atom. The monoisotopic (exact) mass is 447 g/mol. The molecular formula is C25H29N5OS. The highest BCUT2D eigenvalue weighted by Crippen LogP contribution is 2.35. The predicted octanol–water partition coefficient (Wildman–Crippen LogP) is 2.38. The molecule has 0 saturated carbocycles. The fourth-order valence-corrected chi connectivity index (χ4v) is 5.33. The normalized spacial score (nSPS) is 18.9. The van der Waals surface area contributed by atoms with E-state index in [2.05, 4.69) is 35.4 Å². The van der Waals surface area contributed by atoms with Crippen LogP contribution in [-0.4, -0.2) is 45.7 Å². The van der Waals surface area contributed by atoms with Crippen LogP contribution in [0.1, 0.15) is 48.6 Å². The summed E-state index contributed by atoms with van der Waals surface area (Å²) < 4.78 is 0. The van der Waals surface area contributed by atoms with E-state index in [1.165, 1.54) is 0 Å². The van der Waals surface area contributed by atoms with Crippen molar-refractivity contribution in [2.24, 2.45) is 0 Å². The van der Waals surface area contributed by atoms with Crippen LogP contribution in [0.2, 0.25) is 0 Å². The molecule has 0 amide bonds. The number of hydrogen-bond donors (Lipinski definition) is 3. The Labute approximate surface area is 192 Å². The number of aliphatic hydroxyl groups is 1. The van der Waals surface area contributed by atoms with Gasteiger partial charge in [0, 0.05) is 49.2 Å². The van der Waals surface area contributed by atoms with Crippen LogP contribution in [0.5, 0.6) is 0 Å². The highest BCUT2D eigenvalue weighted by atomic mass is 32.1. The second-order valence-electron chi connectivity index (χ2n) is 8.72. The van der Waals surface area contributed by atoms with E-state index in [-0.39, 0.29) is 6.04 Å². The lowest BCUT2D eigenvalue weighted by molar-refractivity contribution is 0.135. The predicted molar refractivity (Wildman–Crippen MR) is 130 cm³/mol. The molecular weight excluding hydrogens is 418 g/mol. The van der Waals surface area contributed by atoms with E-state index < -0.39 is 6.10 Å². The van der Waals surface area contributed by atoms with Crippen molar-refractivity contribution in [1.29, 1.82) is 0 Å². The molecule has 1 fully saturated rings. The number of hydrogen-bond acceptors (Lipinski definition) is 7. The second kappa shape index (κ2) is 9.02. The third-order valence-electron chi connectivity index (χ3n) is 6.05. The Morgan fingerprint density at radius 1 is 1.19 bits per heavy atom. The summed E-state index contributed by atoms with van der Waals surface area (Å²) >= 11 is 1.72. The van der Waals surface area contributed by atoms with E-state index in [0.717, 1.165) is 57.2 Å². The lowest BCUT2D eigenvalue weighted by Gasteiger charge is -2.37. The number of anilines is 1. The number of aliphatic hydroxyl groups excluding tert-OH is 1. The molecule has 6 nitrogen and oxygen atoms in total. The Morgan fingerprint density at radius 3 is 2.84 bits per heavy atom. The standard InChI is InChI=1S/C25H29N5OS/c1-16(2)24-29-22-23(21-18(9-6-10-27-21)14-28-25(22)32-24)30-12-11-26-19(15-30)13-20(31)17-7-4-3-5-8-17/h3-10,14,16,19-20,26,28,31H,11-13,15H2,1-2H3/t19?,20-/m1/s1. The van der Waals surface area contributed by atoms with Crippen LogP contribution >= 0.6 is 11.3 Å². The van der Waals surface area contributed by atoms with Crippen molar-refractivity contribution in [3.63, 3.8) is 0 Å². The minimum absolute atomic E-state index is 0.172. The molecule has 7 heteroatoms. The number of rotatable bonds is 5. The molecule has 32 heavy (non-hydrogen) atoms. The van der Waals surface area contributed by atoms with E-state index >= 15 is 0 Å². The van der Waals surface area contributed by atoms with E-state index in [0.29, 0.717) is 12.3 Å². The molecule has 3 aromatic rings. The minimum Gasteiger partial charge on any atom is -0.388 e. The molecule has 5 rings (SSSR count). The SMILES string of the molecule is CC(C)c1nc2c(s1)NC=c1cccnc1=C2N1CCNC(C[C@@H](O)c2ccccc2)C1. The first-order valence-electron chi connectivity index (χ1n) is 11.2. The molecule has 0 bridgehead atoms. The highest BCUT2D eigenvalue weighted by molar-refractivity contribution is 7.16. The molecule has 2 aromatic heterocycles. The molecule has 1 aromatic carbocycles. The summed E-state index contributed by atoms with van der Waals surface area (Å²) in [6.45, 7) is 6.88. The fraction of sp³-hybridized carbons (Fsp3) is 0.360. The van der Waals surface area contributed by atoms with Gasteiger partial charge in [-0.05, 0) is 24.1 Å². The zero-order chi connectivity index (χ0) is 22.1. The topological polar surface area (TPSA) is 73.3 Å². The third kappa shape index (κ3) is 4.16. The number of thiazole rings is 1. The molecule has 4 heterocycles. The van der Waals surface area contributed by atoms with Crippen LogP contribution in [-0.2, 0) is 0 Å². The number of pyridine rings is 1. The van der Waals surface area contributed by atoms with Gasteiger partial charge in [-0.3, -0.25) is 4.98 Å². The van der Waals surface area contributed by atoms with Crippen molar-refractivity contribution in [2.75, 3.05) is 25.0 Å². The molecule has 1 saturated heterocycles. The van der Waals surface area contributed by atoms with Crippen molar-refractivity contribution in [3.8, 4) is 0 Å². The second-order valence-corrected chi connectivity index (χ2v) is 9.75. The Bertz CT molecular complexity index is 1210. The van der Waals surface area contributed by atoms with Crippen molar-refractivity contribution in [3.05, 3.63) is 75.5 Å². The molecule has 2 aliphatic heterocycles. The van der Waals surface area contributed by atoms with E-state index in [4.69, 9.17) is 9.97 Å². The molecule has 2 atom stereocenters. The Kier molecular flexibility index (Phi) is 5.95. The molecule has 2 aliphatic rings. The van der Waals surface area contributed by atoms with Gasteiger partial charge in [-0.15, -0.1) is 11.3 Å². The van der Waals surface area contributed by atoms with Gasteiger partial charge in [0.2, 0.25) is 0 Å². The maximum absolute atomic E-state index is 10.8. The van der Waals surface area contributed by atoms with Crippen LogP contribution in [0.3, 0.4) is 0 Å². The molecule has 0 spiro atoms. The molecule has 3 N–H and O–H groups in total. The van der Waals surface area contributed by atoms with Gasteiger partial charge >= 0.3 is 0 Å². The molecule has 166 valence electrons. The Balaban J connectivity index is 1.50. The first-order chi connectivity index (χ1) is 15.6. The molecule has 0 radical (unpaired) electrons. The maximum Gasteiger partial charge on any atom is 0.124 e. The average molecular weight is 448 g/mol. The number of nitrogens with one attached hydrogen (secondary N) is 2. The largest absolute Gasteiger partial charge is 0.388 e. The highest BCUT2D eigenvalue weighted by Gasteiger charge is 2.29. The van der Waals surface area contributed by atoms with Gasteiger partial charge in [-0.25, -0.2) is 4.98 Å². The van der Waals surface area contributed by atoms with Gasteiger partial charge in [0.1, 0.15) is 10.7 Å². The summed E-state index contributed by atoms with van der Waals surface area (Å²) in [5.74, 6) is 0.370. The van der Waals surface area contributed by atoms with Gasteiger partial charge < -0.3 is 20.6 Å². The van der Waals surface area contributed by atoms with Crippen LogP contribution in [0.15, 0.2) is 48.7 Å². The zero-order valence-electron chi connectivity index (χ0n) is 18.5. The van der Waals surface area contributed by atoms with E-state index in [1.54, 1.807) is 11.3 Å². The summed E-state index contributed by atoms with van der Waals surface area (Å²) in [5, 5.41) is 22.1. The van der Waals surface area contributed by atoms with Crippen molar-refractivity contribution >= 4 is 28.2 Å². The summed E-state index contributed by atoms with van der Waals surface area (Å²) in [5.41, 5.74) is 3.03. The molecule has 0 aliphatic carbocycles. The quantitative estimate of drug-likeness (QED) is 0.558. The number of nitrogens with zero attached hydrogens (tertiary/aromatic N) is 3. The van der Waals surface area contributed by atoms with Crippen LogP contribution in [0.4, 0.5) is 5.00 Å². The lowest BCUT2D eigenvalue weighted by atomic mass is 10.00.